The molecule has 0 radical (unpaired) electrons. The van der Waals surface area contributed by atoms with Crippen molar-refractivity contribution in [2.45, 2.75) is 17.1 Å². The lowest BCUT2D eigenvalue weighted by Gasteiger charge is -2.12. The molecule has 2 aromatic carbocycles. The number of rotatable bonds is 4. The number of halogens is 1. The number of carbonyl (C=O) groups excluding carboxylic acids is 1. The molecule has 3 N–H and O–H groups in total. The summed E-state index contributed by atoms with van der Waals surface area (Å²) in [5.74, 6) is -0.961. The van der Waals surface area contributed by atoms with E-state index < -0.39 is 27.8 Å². The molecule has 1 amide bonds. The minimum Gasteiger partial charge on any atom is -0.396 e. The number of hydrogen-bond acceptors (Lipinski definition) is 3. The quantitative estimate of drug-likeness (QED) is 0.853. The van der Waals surface area contributed by atoms with Gasteiger partial charge in [-0.1, -0.05) is 18.2 Å². The van der Waals surface area contributed by atoms with Crippen LogP contribution < -0.4 is 11.1 Å². The van der Waals surface area contributed by atoms with Crippen molar-refractivity contribution in [2.75, 3.05) is 11.1 Å². The van der Waals surface area contributed by atoms with Crippen LogP contribution in [0, 0.1) is 5.82 Å². The molecule has 0 aliphatic heterocycles. The number of amides is 1. The summed E-state index contributed by atoms with van der Waals surface area (Å²) < 4.78 is 25.3. The summed E-state index contributed by atoms with van der Waals surface area (Å²) in [6.45, 7) is 1.57. The second kappa shape index (κ2) is 6.49. The van der Waals surface area contributed by atoms with Crippen LogP contribution >= 0.6 is 0 Å². The summed E-state index contributed by atoms with van der Waals surface area (Å²) in [6, 6.07) is 12.6. The molecule has 0 aromatic heterocycles. The van der Waals surface area contributed by atoms with Crippen LogP contribution in [-0.2, 0) is 15.6 Å². The van der Waals surface area contributed by atoms with E-state index in [2.05, 4.69) is 5.32 Å². The molecule has 2 atom stereocenters. The molecule has 2 rings (SSSR count). The largest absolute Gasteiger partial charge is 0.396 e. The third kappa shape index (κ3) is 3.66. The molecule has 2 aromatic rings. The number of nitrogens with two attached hydrogens (primary N) is 1. The van der Waals surface area contributed by atoms with Crippen molar-refractivity contribution in [3.8, 4) is 0 Å². The highest BCUT2D eigenvalue weighted by Crippen LogP contribution is 2.18. The van der Waals surface area contributed by atoms with Gasteiger partial charge in [-0.15, -0.1) is 0 Å². The van der Waals surface area contributed by atoms with Gasteiger partial charge in [0.15, 0.2) is 0 Å². The molecule has 0 aliphatic rings. The first-order chi connectivity index (χ1) is 9.99. The first-order valence-corrected chi connectivity index (χ1v) is 7.52. The molecular weight excluding hydrogens is 291 g/mol. The van der Waals surface area contributed by atoms with Gasteiger partial charge in [0.25, 0.3) is 0 Å². The van der Waals surface area contributed by atoms with Gasteiger partial charge in [-0.05, 0) is 37.3 Å². The van der Waals surface area contributed by atoms with Gasteiger partial charge in [0.05, 0.1) is 16.5 Å². The lowest BCUT2D eigenvalue weighted by molar-refractivity contribution is -0.115. The fraction of sp³-hybridized carbons (Fsp3) is 0.133. The molecule has 0 saturated heterocycles. The van der Waals surface area contributed by atoms with Crippen LogP contribution in [0.25, 0.3) is 0 Å². The SMILES string of the molecule is CC(C(=O)Nc1ccc(F)c(N)c1)S(=O)c1ccccc1. The third-order valence-corrected chi connectivity index (χ3v) is 4.52. The zero-order chi connectivity index (χ0) is 15.4. The van der Waals surface area contributed by atoms with Crippen molar-refractivity contribution in [3.63, 3.8) is 0 Å². The standard InChI is InChI=1S/C15H15FN2O2S/c1-10(21(20)12-5-3-2-4-6-12)15(19)18-11-7-8-13(16)14(17)9-11/h2-10H,17H2,1H3,(H,18,19). The van der Waals surface area contributed by atoms with E-state index in [1.54, 1.807) is 31.2 Å². The second-order valence-electron chi connectivity index (χ2n) is 4.48. The van der Waals surface area contributed by atoms with Gasteiger partial charge in [-0.2, -0.15) is 0 Å². The van der Waals surface area contributed by atoms with Gasteiger partial charge in [-0.3, -0.25) is 9.00 Å². The number of carbonyl (C=O) groups is 1. The fourth-order valence-electron chi connectivity index (χ4n) is 1.72. The van der Waals surface area contributed by atoms with Gasteiger partial charge in [0, 0.05) is 10.6 Å². The van der Waals surface area contributed by atoms with Gasteiger partial charge < -0.3 is 11.1 Å². The van der Waals surface area contributed by atoms with E-state index in [1.807, 2.05) is 6.07 Å². The van der Waals surface area contributed by atoms with Crippen LogP contribution in [0.5, 0.6) is 0 Å². The van der Waals surface area contributed by atoms with E-state index in [1.165, 1.54) is 18.2 Å². The predicted octanol–water partition coefficient (Wildman–Crippen LogP) is 2.54. The second-order valence-corrected chi connectivity index (χ2v) is 6.25. The monoisotopic (exact) mass is 306 g/mol. The van der Waals surface area contributed by atoms with Crippen LogP contribution in [0.3, 0.4) is 0 Å². The van der Waals surface area contributed by atoms with E-state index >= 15 is 0 Å². The molecule has 2 unspecified atom stereocenters. The Morgan fingerprint density at radius 3 is 2.52 bits per heavy atom. The third-order valence-electron chi connectivity index (χ3n) is 2.93. The average Bonchev–Trinajstić information content (AvgIpc) is 2.50. The lowest BCUT2D eigenvalue weighted by atomic mass is 10.2. The minimum absolute atomic E-state index is 0.0513. The topological polar surface area (TPSA) is 72.2 Å². The van der Waals surface area contributed by atoms with Crippen LogP contribution in [-0.4, -0.2) is 15.4 Å². The molecule has 0 saturated carbocycles. The van der Waals surface area contributed by atoms with Gasteiger partial charge in [-0.25, -0.2) is 4.39 Å². The maximum Gasteiger partial charge on any atom is 0.240 e. The Labute approximate surface area is 124 Å². The summed E-state index contributed by atoms with van der Waals surface area (Å²) in [5.41, 5.74) is 5.76. The smallest absolute Gasteiger partial charge is 0.240 e. The van der Waals surface area contributed by atoms with Gasteiger partial charge in [0.2, 0.25) is 5.91 Å². The molecule has 0 aliphatic carbocycles. The average molecular weight is 306 g/mol. The number of hydrogen-bond donors (Lipinski definition) is 2. The van der Waals surface area contributed by atoms with Crippen molar-refractivity contribution in [1.82, 2.24) is 0 Å². The maximum absolute atomic E-state index is 13.1. The van der Waals surface area contributed by atoms with Crippen molar-refractivity contribution in [3.05, 3.63) is 54.3 Å². The Morgan fingerprint density at radius 1 is 1.24 bits per heavy atom. The number of anilines is 2. The first kappa shape index (κ1) is 15.2. The van der Waals surface area contributed by atoms with E-state index in [-0.39, 0.29) is 5.69 Å². The van der Waals surface area contributed by atoms with Gasteiger partial charge >= 0.3 is 0 Å². The molecule has 110 valence electrons. The molecule has 21 heavy (non-hydrogen) atoms. The fourth-order valence-corrected chi connectivity index (χ4v) is 2.81. The highest BCUT2D eigenvalue weighted by Gasteiger charge is 2.21. The van der Waals surface area contributed by atoms with E-state index in [4.69, 9.17) is 5.73 Å². The molecule has 0 spiro atoms. The van der Waals surface area contributed by atoms with E-state index in [0.717, 1.165) is 0 Å². The van der Waals surface area contributed by atoms with Crippen molar-refractivity contribution in [1.29, 1.82) is 0 Å². The Bertz CT molecular complexity index is 677. The van der Waals surface area contributed by atoms with Crippen LogP contribution in [0.2, 0.25) is 0 Å². The highest BCUT2D eigenvalue weighted by molar-refractivity contribution is 7.86. The van der Waals surface area contributed by atoms with Crippen LogP contribution in [0.4, 0.5) is 15.8 Å². The van der Waals surface area contributed by atoms with E-state index in [0.29, 0.717) is 10.6 Å². The Kier molecular flexibility index (Phi) is 4.70. The molecule has 0 heterocycles. The Balaban J connectivity index is 2.09. The van der Waals surface area contributed by atoms with Crippen LogP contribution in [0.1, 0.15) is 6.92 Å². The molecule has 0 fully saturated rings. The number of benzene rings is 2. The summed E-state index contributed by atoms with van der Waals surface area (Å²) in [5, 5.41) is 1.84. The molecular formula is C15H15FN2O2S. The van der Waals surface area contributed by atoms with Gasteiger partial charge in [0.1, 0.15) is 11.1 Å². The maximum atomic E-state index is 13.1. The van der Waals surface area contributed by atoms with Crippen molar-refractivity contribution < 1.29 is 13.4 Å². The molecule has 4 nitrogen and oxygen atoms in total. The summed E-state index contributed by atoms with van der Waals surface area (Å²) in [4.78, 5) is 12.7. The first-order valence-electron chi connectivity index (χ1n) is 6.30. The lowest BCUT2D eigenvalue weighted by Crippen LogP contribution is -2.29. The molecule has 6 heteroatoms. The zero-order valence-electron chi connectivity index (χ0n) is 11.4. The Hall–Kier alpha value is -2.21. The van der Waals surface area contributed by atoms with E-state index in [9.17, 15) is 13.4 Å². The minimum atomic E-state index is -1.46. The summed E-state index contributed by atoms with van der Waals surface area (Å²) >= 11 is 0. The molecule has 0 bridgehead atoms. The number of nitrogen functional groups attached to an aromatic ring is 1. The highest BCUT2D eigenvalue weighted by atomic mass is 32.2. The van der Waals surface area contributed by atoms with Crippen molar-refractivity contribution >= 4 is 28.1 Å². The summed E-state index contributed by atoms with van der Waals surface area (Å²) in [6.07, 6.45) is 0. The zero-order valence-corrected chi connectivity index (χ0v) is 12.2. The predicted molar refractivity (Wildman–Crippen MR) is 81.8 cm³/mol. The Morgan fingerprint density at radius 2 is 1.90 bits per heavy atom. The van der Waals surface area contributed by atoms with Crippen LogP contribution in [0.15, 0.2) is 53.4 Å². The number of nitrogens with one attached hydrogen (secondary N) is 1. The normalized spacial score (nSPS) is 13.4. The summed E-state index contributed by atoms with van der Waals surface area (Å²) in [7, 11) is -1.46. The van der Waals surface area contributed by atoms with Crippen molar-refractivity contribution in [2.24, 2.45) is 0 Å².